The molecule has 0 amide bonds. The van der Waals surface area contributed by atoms with Crippen LogP contribution in [0.4, 0.5) is 0 Å². The predicted octanol–water partition coefficient (Wildman–Crippen LogP) is 5.16. The Kier molecular flexibility index (Phi) is 6.27. The third-order valence-electron chi connectivity index (χ3n) is 5.50. The average molecular weight is 460 g/mol. The zero-order valence-corrected chi connectivity index (χ0v) is 19.6. The van der Waals surface area contributed by atoms with Crippen LogP contribution in [0.5, 0.6) is 28.7 Å². The van der Waals surface area contributed by atoms with Gasteiger partial charge in [-0.05, 0) is 60.9 Å². The van der Waals surface area contributed by atoms with E-state index in [1.807, 2.05) is 19.1 Å². The maximum atomic E-state index is 13.1. The zero-order chi connectivity index (χ0) is 24.4. The minimum Gasteiger partial charge on any atom is -0.493 e. The average Bonchev–Trinajstić information content (AvgIpc) is 3.13. The van der Waals surface area contributed by atoms with E-state index < -0.39 is 5.97 Å². The van der Waals surface area contributed by atoms with Gasteiger partial charge in [-0.2, -0.15) is 0 Å². The molecule has 0 spiro atoms. The Balaban J connectivity index is 1.65. The molecule has 0 N–H and O–H groups in total. The highest BCUT2D eigenvalue weighted by Crippen LogP contribution is 2.41. The molecule has 0 aromatic heterocycles. The second-order valence-corrected chi connectivity index (χ2v) is 7.72. The summed E-state index contributed by atoms with van der Waals surface area (Å²) in [6, 6.07) is 13.8. The lowest BCUT2D eigenvalue weighted by Crippen LogP contribution is -2.10. The summed E-state index contributed by atoms with van der Waals surface area (Å²) in [4.78, 5) is 25.7. The van der Waals surface area contributed by atoms with Gasteiger partial charge < -0.3 is 23.7 Å². The van der Waals surface area contributed by atoms with Gasteiger partial charge in [0.2, 0.25) is 11.5 Å². The number of hydrogen-bond acceptors (Lipinski definition) is 7. The summed E-state index contributed by atoms with van der Waals surface area (Å²) in [6.45, 7) is 3.61. The number of fused-ring (bicyclic) bond motifs is 1. The summed E-state index contributed by atoms with van der Waals surface area (Å²) in [5, 5.41) is 0. The molecular formula is C27H24O7. The van der Waals surface area contributed by atoms with Gasteiger partial charge in [-0.15, -0.1) is 0 Å². The summed E-state index contributed by atoms with van der Waals surface area (Å²) < 4.78 is 27.5. The van der Waals surface area contributed by atoms with E-state index in [0.717, 1.165) is 5.56 Å². The molecule has 7 nitrogen and oxygen atoms in total. The van der Waals surface area contributed by atoms with Crippen LogP contribution < -0.4 is 23.7 Å². The molecule has 0 fully saturated rings. The van der Waals surface area contributed by atoms with Crippen molar-refractivity contribution in [3.63, 3.8) is 0 Å². The van der Waals surface area contributed by atoms with Crippen molar-refractivity contribution >= 4 is 17.8 Å². The molecule has 0 aliphatic carbocycles. The highest BCUT2D eigenvalue weighted by molar-refractivity contribution is 6.15. The first-order valence-electron chi connectivity index (χ1n) is 10.5. The first-order valence-corrected chi connectivity index (χ1v) is 10.5. The third-order valence-corrected chi connectivity index (χ3v) is 5.50. The number of Topliss-reactive ketones (excluding diaryl/α,β-unsaturated/α-hetero) is 1. The van der Waals surface area contributed by atoms with Crippen molar-refractivity contribution < 1.29 is 33.3 Å². The number of ether oxygens (including phenoxy) is 5. The monoisotopic (exact) mass is 460 g/mol. The third kappa shape index (κ3) is 4.20. The van der Waals surface area contributed by atoms with Crippen LogP contribution in [0.15, 0.2) is 54.3 Å². The van der Waals surface area contributed by atoms with Gasteiger partial charge in [0.25, 0.3) is 0 Å². The number of methoxy groups -OCH3 is 3. The van der Waals surface area contributed by atoms with E-state index in [2.05, 4.69) is 0 Å². The van der Waals surface area contributed by atoms with Crippen LogP contribution in [0.2, 0.25) is 0 Å². The smallest absolute Gasteiger partial charge is 0.343 e. The van der Waals surface area contributed by atoms with Gasteiger partial charge in [0.05, 0.1) is 32.5 Å². The summed E-state index contributed by atoms with van der Waals surface area (Å²) in [7, 11) is 4.56. The lowest BCUT2D eigenvalue weighted by molar-refractivity contribution is 0.0733. The Labute approximate surface area is 197 Å². The first kappa shape index (κ1) is 22.9. The highest BCUT2D eigenvalue weighted by atomic mass is 16.5. The molecule has 3 aromatic carbocycles. The molecule has 7 heteroatoms. The highest BCUT2D eigenvalue weighted by Gasteiger charge is 2.30. The van der Waals surface area contributed by atoms with Gasteiger partial charge in [0, 0.05) is 6.07 Å². The Morgan fingerprint density at radius 2 is 1.56 bits per heavy atom. The predicted molar refractivity (Wildman–Crippen MR) is 126 cm³/mol. The Morgan fingerprint density at radius 3 is 2.18 bits per heavy atom. The summed E-state index contributed by atoms with van der Waals surface area (Å²) in [6.07, 6.45) is 1.60. The molecule has 0 atom stereocenters. The van der Waals surface area contributed by atoms with Crippen LogP contribution in [0.1, 0.15) is 37.4 Å². The molecule has 1 heterocycles. The molecule has 1 aliphatic rings. The molecular weight excluding hydrogens is 436 g/mol. The lowest BCUT2D eigenvalue weighted by Gasteiger charge is -2.13. The Hall–Kier alpha value is -4.26. The first-order chi connectivity index (χ1) is 16.4. The molecule has 0 saturated carbocycles. The fraction of sp³-hybridized carbons (Fsp3) is 0.185. The molecule has 0 radical (unpaired) electrons. The van der Waals surface area contributed by atoms with E-state index in [1.54, 1.807) is 49.4 Å². The Bertz CT molecular complexity index is 1300. The molecule has 0 bridgehead atoms. The van der Waals surface area contributed by atoms with Gasteiger partial charge in [-0.25, -0.2) is 4.79 Å². The fourth-order valence-corrected chi connectivity index (χ4v) is 3.84. The number of allylic oxidation sites excluding steroid dienone is 1. The van der Waals surface area contributed by atoms with Crippen molar-refractivity contribution in [2.75, 3.05) is 21.3 Å². The second kappa shape index (κ2) is 9.31. The van der Waals surface area contributed by atoms with E-state index >= 15 is 0 Å². The van der Waals surface area contributed by atoms with Crippen LogP contribution in [0, 0.1) is 13.8 Å². The number of benzene rings is 3. The Morgan fingerprint density at radius 1 is 0.882 bits per heavy atom. The number of hydrogen-bond donors (Lipinski definition) is 0. The van der Waals surface area contributed by atoms with E-state index in [-0.39, 0.29) is 11.5 Å². The van der Waals surface area contributed by atoms with E-state index in [9.17, 15) is 9.59 Å². The fourth-order valence-electron chi connectivity index (χ4n) is 3.84. The molecule has 174 valence electrons. The number of carbonyl (C=O) groups excluding carboxylic acids is 2. The number of carbonyl (C=O) groups is 2. The van der Waals surface area contributed by atoms with E-state index in [1.165, 1.54) is 21.3 Å². The van der Waals surface area contributed by atoms with Gasteiger partial charge >= 0.3 is 5.97 Å². The van der Waals surface area contributed by atoms with Crippen molar-refractivity contribution in [1.82, 2.24) is 0 Å². The van der Waals surface area contributed by atoms with Gasteiger partial charge in [0.15, 0.2) is 17.3 Å². The number of ketones is 1. The maximum Gasteiger partial charge on any atom is 0.343 e. The van der Waals surface area contributed by atoms with Crippen molar-refractivity contribution in [2.24, 2.45) is 0 Å². The summed E-state index contributed by atoms with van der Waals surface area (Å²) in [5.41, 5.74) is 2.99. The molecule has 4 rings (SSSR count). The molecule has 34 heavy (non-hydrogen) atoms. The minimum atomic E-state index is -0.477. The molecule has 1 aliphatic heterocycles. The van der Waals surface area contributed by atoms with Gasteiger partial charge in [-0.3, -0.25) is 4.79 Å². The van der Waals surface area contributed by atoms with Crippen molar-refractivity contribution in [3.05, 3.63) is 82.1 Å². The van der Waals surface area contributed by atoms with Crippen LogP contribution in [0.3, 0.4) is 0 Å². The standard InChI is InChI=1S/C27H24O7/c1-15-8-6-7-9-19(15)27(29)33-18-10-16(2)24-20(14-18)34-21(25(24)28)11-17-12-22(30-3)26(32-5)23(13-17)31-4/h6-14H,1-5H3/b21-11-. The van der Waals surface area contributed by atoms with Gasteiger partial charge in [0.1, 0.15) is 11.5 Å². The van der Waals surface area contributed by atoms with Gasteiger partial charge in [-0.1, -0.05) is 18.2 Å². The second-order valence-electron chi connectivity index (χ2n) is 7.72. The minimum absolute atomic E-state index is 0.134. The molecule has 3 aromatic rings. The van der Waals surface area contributed by atoms with Crippen LogP contribution >= 0.6 is 0 Å². The lowest BCUT2D eigenvalue weighted by atomic mass is 10.0. The number of rotatable bonds is 6. The maximum absolute atomic E-state index is 13.1. The largest absolute Gasteiger partial charge is 0.493 e. The quantitative estimate of drug-likeness (QED) is 0.285. The van der Waals surface area contributed by atoms with Crippen LogP contribution in [0.25, 0.3) is 6.08 Å². The van der Waals surface area contributed by atoms with Crippen LogP contribution in [-0.2, 0) is 0 Å². The summed E-state index contributed by atoms with van der Waals surface area (Å²) in [5.74, 6) is 1.38. The van der Waals surface area contributed by atoms with Crippen molar-refractivity contribution in [3.8, 4) is 28.7 Å². The van der Waals surface area contributed by atoms with Crippen LogP contribution in [-0.4, -0.2) is 33.1 Å². The number of aryl methyl sites for hydroxylation is 2. The zero-order valence-electron chi connectivity index (χ0n) is 19.6. The van der Waals surface area contributed by atoms with Crippen molar-refractivity contribution in [1.29, 1.82) is 0 Å². The van der Waals surface area contributed by atoms with Crippen molar-refractivity contribution in [2.45, 2.75) is 13.8 Å². The SMILES string of the molecule is COc1cc(/C=C2\Oc3cc(OC(=O)c4ccccc4C)cc(C)c3C2=O)cc(OC)c1OC. The van der Waals surface area contributed by atoms with E-state index in [4.69, 9.17) is 23.7 Å². The summed E-state index contributed by atoms with van der Waals surface area (Å²) >= 11 is 0. The molecule has 0 saturated heterocycles. The molecule has 0 unspecified atom stereocenters. The topological polar surface area (TPSA) is 80.3 Å². The number of esters is 1. The normalized spacial score (nSPS) is 13.3. The van der Waals surface area contributed by atoms with E-state index in [0.29, 0.717) is 51.0 Å².